The molecule has 41 heavy (non-hydrogen) atoms. The second kappa shape index (κ2) is 17.3. The van der Waals surface area contributed by atoms with Gasteiger partial charge in [-0.15, -0.1) is 24.8 Å². The Kier molecular flexibility index (Phi) is 14.9. The summed E-state index contributed by atoms with van der Waals surface area (Å²) in [5.74, 6) is -3.04. The van der Waals surface area contributed by atoms with Crippen LogP contribution in [-0.4, -0.2) is 91.1 Å². The zero-order valence-corrected chi connectivity index (χ0v) is 24.1. The molecular weight excluding hydrogens is 572 g/mol. The van der Waals surface area contributed by atoms with Gasteiger partial charge in [0.05, 0.1) is 5.38 Å². The number of benzene rings is 1. The molecule has 1 aromatic carbocycles. The highest BCUT2D eigenvalue weighted by Crippen LogP contribution is 2.29. The van der Waals surface area contributed by atoms with Gasteiger partial charge in [0.15, 0.2) is 24.1 Å². The lowest BCUT2D eigenvalue weighted by Gasteiger charge is -2.32. The Morgan fingerprint density at radius 2 is 1.98 bits per heavy atom. The number of aliphatic hydroxyl groups is 1. The van der Waals surface area contributed by atoms with Crippen molar-refractivity contribution < 1.29 is 41.7 Å². The van der Waals surface area contributed by atoms with Gasteiger partial charge in [0.2, 0.25) is 6.41 Å². The van der Waals surface area contributed by atoms with Gasteiger partial charge in [0, 0.05) is 39.9 Å². The molecule has 1 aliphatic carbocycles. The van der Waals surface area contributed by atoms with E-state index in [2.05, 4.69) is 16.4 Å². The van der Waals surface area contributed by atoms with Crippen molar-refractivity contribution in [2.45, 2.75) is 38.4 Å². The van der Waals surface area contributed by atoms with Crippen molar-refractivity contribution in [3.8, 4) is 11.5 Å². The van der Waals surface area contributed by atoms with E-state index in [9.17, 15) is 32.3 Å². The molecule has 0 saturated heterocycles. The molecule has 0 aromatic heterocycles. The van der Waals surface area contributed by atoms with Crippen molar-refractivity contribution in [2.24, 2.45) is 4.99 Å². The number of nitrogens with zero attached hydrogens (tertiary/aromatic N) is 4. The lowest BCUT2D eigenvalue weighted by Crippen LogP contribution is -2.42. The van der Waals surface area contributed by atoms with Crippen LogP contribution in [-0.2, 0) is 9.59 Å². The predicted octanol–water partition coefficient (Wildman–Crippen LogP) is 4.68. The third-order valence-electron chi connectivity index (χ3n) is 5.38. The summed E-state index contributed by atoms with van der Waals surface area (Å²) in [6.45, 7) is 6.85. The first-order valence-electron chi connectivity index (χ1n) is 12.6. The molecule has 0 fully saturated rings. The Hall–Kier alpha value is -3.58. The van der Waals surface area contributed by atoms with E-state index in [0.29, 0.717) is 18.4 Å². The molecule has 1 unspecified atom stereocenters. The standard InChI is InChI=1S/C25H29ClF4N4O5.C2H6/c1-31-23(33(3)15-36)22(24(37)32(2)11-4-12-35)34(14-17-5-7-18(26)8-6-17)16-38-21-13-19(9-10-20(21)27)39-25(28,29)30;1-2/h5-7,9-10,13,15,18,35H,1,4,8,11-12,14,16H2,2-3H3;1-2H3/b23-22+;. The number of rotatable bonds is 14. The molecule has 0 saturated carbocycles. The van der Waals surface area contributed by atoms with Gasteiger partial charge in [-0.05, 0) is 37.3 Å². The first kappa shape index (κ1) is 35.4. The van der Waals surface area contributed by atoms with Gasteiger partial charge < -0.3 is 29.3 Å². The van der Waals surface area contributed by atoms with E-state index < -0.39 is 36.3 Å². The third kappa shape index (κ3) is 11.4. The molecule has 14 heteroatoms. The van der Waals surface area contributed by atoms with Crippen LogP contribution in [0.5, 0.6) is 11.5 Å². The number of hydrogen-bond acceptors (Lipinski definition) is 7. The maximum Gasteiger partial charge on any atom is 0.573 e. The molecule has 1 aromatic rings. The number of hydrogen-bond donors (Lipinski definition) is 1. The summed E-state index contributed by atoms with van der Waals surface area (Å²) >= 11 is 6.11. The van der Waals surface area contributed by atoms with Gasteiger partial charge in [-0.25, -0.2) is 9.38 Å². The summed E-state index contributed by atoms with van der Waals surface area (Å²) in [5, 5.41) is 8.95. The Labute approximate surface area is 242 Å². The minimum atomic E-state index is -5.01. The third-order valence-corrected chi connectivity index (χ3v) is 5.70. The second-order valence-electron chi connectivity index (χ2n) is 8.35. The van der Waals surface area contributed by atoms with Crippen molar-refractivity contribution >= 4 is 30.6 Å². The summed E-state index contributed by atoms with van der Waals surface area (Å²) < 4.78 is 61.9. The van der Waals surface area contributed by atoms with Gasteiger partial charge in [-0.1, -0.05) is 32.1 Å². The Morgan fingerprint density at radius 1 is 1.29 bits per heavy atom. The molecule has 0 bridgehead atoms. The first-order chi connectivity index (χ1) is 19.4. The van der Waals surface area contributed by atoms with Crippen LogP contribution in [0, 0.1) is 5.82 Å². The molecule has 2 amide bonds. The molecule has 9 nitrogen and oxygen atoms in total. The molecule has 228 valence electrons. The van der Waals surface area contributed by atoms with E-state index in [1.807, 2.05) is 19.9 Å². The number of amides is 2. The van der Waals surface area contributed by atoms with E-state index in [1.165, 1.54) is 23.9 Å². The molecule has 0 aliphatic heterocycles. The van der Waals surface area contributed by atoms with Crippen LogP contribution in [0.15, 0.2) is 58.5 Å². The highest BCUT2D eigenvalue weighted by Gasteiger charge is 2.32. The van der Waals surface area contributed by atoms with Crippen LogP contribution in [0.4, 0.5) is 17.6 Å². The Morgan fingerprint density at radius 3 is 2.51 bits per heavy atom. The number of aliphatic imine (C=N–C) groups is 1. The summed E-state index contributed by atoms with van der Waals surface area (Å²) in [6, 6.07) is 2.26. The maximum absolute atomic E-state index is 14.5. The van der Waals surface area contributed by atoms with Crippen molar-refractivity contribution in [1.29, 1.82) is 0 Å². The minimum Gasteiger partial charge on any atom is -0.470 e. The van der Waals surface area contributed by atoms with Crippen molar-refractivity contribution in [3.63, 3.8) is 0 Å². The van der Waals surface area contributed by atoms with Crippen LogP contribution >= 0.6 is 11.6 Å². The largest absolute Gasteiger partial charge is 0.573 e. The second-order valence-corrected chi connectivity index (χ2v) is 8.91. The summed E-state index contributed by atoms with van der Waals surface area (Å²) in [5.41, 5.74) is 0.524. The normalized spacial score (nSPS) is 15.0. The molecule has 1 aliphatic rings. The number of ether oxygens (including phenoxy) is 2. The lowest BCUT2D eigenvalue weighted by atomic mass is 10.1. The summed E-state index contributed by atoms with van der Waals surface area (Å²) in [4.78, 5) is 32.6. The predicted molar refractivity (Wildman–Crippen MR) is 148 cm³/mol. The molecule has 1 atom stereocenters. The fourth-order valence-electron chi connectivity index (χ4n) is 3.47. The fraction of sp³-hybridized carbons (Fsp3) is 0.444. The van der Waals surface area contributed by atoms with Crippen LogP contribution in [0.25, 0.3) is 0 Å². The smallest absolute Gasteiger partial charge is 0.470 e. The molecule has 0 radical (unpaired) electrons. The van der Waals surface area contributed by atoms with Gasteiger partial charge in [-0.2, -0.15) is 0 Å². The van der Waals surface area contributed by atoms with E-state index >= 15 is 0 Å². The van der Waals surface area contributed by atoms with E-state index in [-0.39, 0.29) is 43.0 Å². The van der Waals surface area contributed by atoms with Crippen LogP contribution < -0.4 is 9.47 Å². The molecule has 1 N–H and O–H groups in total. The van der Waals surface area contributed by atoms with Crippen molar-refractivity contribution in [1.82, 2.24) is 14.7 Å². The number of likely N-dealkylation sites (N-methyl/N-ethyl adjacent to an activating group) is 1. The van der Waals surface area contributed by atoms with Crippen LogP contribution in [0.3, 0.4) is 0 Å². The van der Waals surface area contributed by atoms with E-state index in [1.54, 1.807) is 12.2 Å². The van der Waals surface area contributed by atoms with Gasteiger partial charge in [0.25, 0.3) is 5.91 Å². The van der Waals surface area contributed by atoms with Gasteiger partial charge >= 0.3 is 6.36 Å². The number of carbonyl (C=O) groups excluding carboxylic acids is 2. The summed E-state index contributed by atoms with van der Waals surface area (Å²) in [7, 11) is 2.81. The molecular formula is C27H35ClF4N4O5. The van der Waals surface area contributed by atoms with Crippen LogP contribution in [0.2, 0.25) is 0 Å². The number of carbonyl (C=O) groups is 2. The van der Waals surface area contributed by atoms with Crippen molar-refractivity contribution in [2.75, 3.05) is 40.5 Å². The van der Waals surface area contributed by atoms with E-state index in [4.69, 9.17) is 16.3 Å². The average molecular weight is 607 g/mol. The highest BCUT2D eigenvalue weighted by atomic mass is 35.5. The zero-order chi connectivity index (χ0) is 31.2. The van der Waals surface area contributed by atoms with Crippen molar-refractivity contribution in [3.05, 3.63) is 59.3 Å². The Bertz CT molecular complexity index is 1130. The summed E-state index contributed by atoms with van der Waals surface area (Å²) in [6.07, 6.45) is 1.40. The number of alkyl halides is 4. The molecule has 0 heterocycles. The van der Waals surface area contributed by atoms with Gasteiger partial charge in [0.1, 0.15) is 11.4 Å². The maximum atomic E-state index is 14.5. The number of allylic oxidation sites excluding steroid dienone is 2. The SMILES string of the molecule is C=N/C(=C(/C(=O)N(C)CCCO)N(COc1cc(OC(F)(F)F)ccc1F)CC1=CCC(Cl)C=C1)N(C)C=O.CC. The fourth-order valence-corrected chi connectivity index (χ4v) is 3.63. The topological polar surface area (TPSA) is 94.9 Å². The Balaban J connectivity index is 0.00000411. The van der Waals surface area contributed by atoms with E-state index in [0.717, 1.165) is 23.1 Å². The first-order valence-corrected chi connectivity index (χ1v) is 13.0. The minimum absolute atomic E-state index is 0.0128. The van der Waals surface area contributed by atoms with Gasteiger partial charge in [-0.3, -0.25) is 9.59 Å². The number of halogens is 5. The zero-order valence-electron chi connectivity index (χ0n) is 23.3. The number of aliphatic hydroxyl groups excluding tert-OH is 1. The highest BCUT2D eigenvalue weighted by molar-refractivity contribution is 6.22. The molecule has 2 rings (SSSR count). The monoisotopic (exact) mass is 606 g/mol. The quantitative estimate of drug-likeness (QED) is 0.0825. The average Bonchev–Trinajstić information content (AvgIpc) is 2.94. The van der Waals surface area contributed by atoms with Crippen LogP contribution in [0.1, 0.15) is 26.7 Å². The lowest BCUT2D eigenvalue weighted by molar-refractivity contribution is -0.274. The molecule has 0 spiro atoms.